The second-order valence-electron chi connectivity index (χ2n) is 5.86. The third-order valence-corrected chi connectivity index (χ3v) is 2.80. The first-order valence-corrected chi connectivity index (χ1v) is 6.95. The summed E-state index contributed by atoms with van der Waals surface area (Å²) in [7, 11) is 0. The number of hydrogen-bond donors (Lipinski definition) is 1. The summed E-state index contributed by atoms with van der Waals surface area (Å²) in [6.07, 6.45) is 1.86. The molecule has 0 radical (unpaired) electrons. The van der Waals surface area contributed by atoms with Gasteiger partial charge in [0.25, 0.3) is 0 Å². The lowest BCUT2D eigenvalue weighted by Gasteiger charge is -2.19. The highest BCUT2D eigenvalue weighted by molar-refractivity contribution is 5.23. The van der Waals surface area contributed by atoms with Gasteiger partial charge in [-0.05, 0) is 32.9 Å². The van der Waals surface area contributed by atoms with Crippen LogP contribution in [0.3, 0.4) is 0 Å². The van der Waals surface area contributed by atoms with Gasteiger partial charge in [-0.25, -0.2) is 9.07 Å². The van der Waals surface area contributed by atoms with Gasteiger partial charge in [-0.3, -0.25) is 0 Å². The molecule has 0 unspecified atom stereocenters. The lowest BCUT2D eigenvalue weighted by atomic mass is 10.1. The fourth-order valence-corrected chi connectivity index (χ4v) is 1.70. The highest BCUT2D eigenvalue weighted by Crippen LogP contribution is 2.15. The molecule has 0 bridgehead atoms. The zero-order chi connectivity index (χ0) is 15.3. The Balaban J connectivity index is 1.79. The van der Waals surface area contributed by atoms with Crippen LogP contribution in [0.2, 0.25) is 0 Å². The minimum absolute atomic E-state index is 0.0394. The van der Waals surface area contributed by atoms with Crippen LogP contribution in [-0.4, -0.2) is 27.1 Å². The van der Waals surface area contributed by atoms with Crippen molar-refractivity contribution in [2.75, 3.05) is 6.61 Å². The summed E-state index contributed by atoms with van der Waals surface area (Å²) >= 11 is 0. The van der Waals surface area contributed by atoms with Gasteiger partial charge in [0.1, 0.15) is 6.61 Å². The molecular formula is C15H21FN4O. The van der Waals surface area contributed by atoms with E-state index in [0.29, 0.717) is 19.7 Å². The zero-order valence-electron chi connectivity index (χ0n) is 12.6. The van der Waals surface area contributed by atoms with E-state index in [1.807, 2.05) is 6.20 Å². The molecule has 114 valence electrons. The molecule has 0 amide bonds. The molecule has 2 rings (SSSR count). The molecule has 0 fully saturated rings. The number of aromatic nitrogens is 3. The summed E-state index contributed by atoms with van der Waals surface area (Å²) in [4.78, 5) is 0. The first-order chi connectivity index (χ1) is 9.94. The van der Waals surface area contributed by atoms with Crippen molar-refractivity contribution in [3.05, 3.63) is 42.0 Å². The summed E-state index contributed by atoms with van der Waals surface area (Å²) in [5.74, 6) is -0.0987. The first-order valence-electron chi connectivity index (χ1n) is 6.95. The minimum atomic E-state index is -0.355. The maximum absolute atomic E-state index is 13.4. The van der Waals surface area contributed by atoms with Crippen molar-refractivity contribution in [1.29, 1.82) is 0 Å². The first kappa shape index (κ1) is 15.4. The normalized spacial score (nSPS) is 11.6. The SMILES string of the molecule is CC(C)(C)NCc1cn(CCOc2ccccc2F)nn1. The highest BCUT2D eigenvalue weighted by Gasteiger charge is 2.10. The smallest absolute Gasteiger partial charge is 0.165 e. The zero-order valence-corrected chi connectivity index (χ0v) is 12.6. The van der Waals surface area contributed by atoms with Crippen LogP contribution in [0.25, 0.3) is 0 Å². The molecule has 2 aromatic rings. The molecule has 0 aliphatic carbocycles. The van der Waals surface area contributed by atoms with Gasteiger partial charge in [0.15, 0.2) is 11.6 Å². The van der Waals surface area contributed by atoms with Crippen LogP contribution in [0, 0.1) is 5.82 Å². The van der Waals surface area contributed by atoms with E-state index < -0.39 is 0 Å². The number of ether oxygens (including phenoxy) is 1. The van der Waals surface area contributed by atoms with Crippen molar-refractivity contribution in [3.8, 4) is 5.75 Å². The van der Waals surface area contributed by atoms with E-state index in [1.54, 1.807) is 22.9 Å². The van der Waals surface area contributed by atoms with E-state index >= 15 is 0 Å². The molecule has 0 aliphatic rings. The van der Waals surface area contributed by atoms with E-state index in [2.05, 4.69) is 36.4 Å². The van der Waals surface area contributed by atoms with Crippen molar-refractivity contribution in [1.82, 2.24) is 20.3 Å². The third kappa shape index (κ3) is 5.15. The maximum atomic E-state index is 13.4. The van der Waals surface area contributed by atoms with E-state index in [0.717, 1.165) is 5.69 Å². The van der Waals surface area contributed by atoms with Gasteiger partial charge in [-0.1, -0.05) is 17.3 Å². The molecule has 1 heterocycles. The van der Waals surface area contributed by atoms with Crippen molar-refractivity contribution < 1.29 is 9.13 Å². The number of hydrogen-bond acceptors (Lipinski definition) is 4. The fraction of sp³-hybridized carbons (Fsp3) is 0.467. The molecule has 6 heteroatoms. The Morgan fingerprint density at radius 2 is 2.05 bits per heavy atom. The second-order valence-corrected chi connectivity index (χ2v) is 5.86. The van der Waals surface area contributed by atoms with E-state index in [-0.39, 0.29) is 17.1 Å². The van der Waals surface area contributed by atoms with Crippen LogP contribution < -0.4 is 10.1 Å². The molecule has 1 aromatic heterocycles. The van der Waals surface area contributed by atoms with Crippen LogP contribution in [0.4, 0.5) is 4.39 Å². The summed E-state index contributed by atoms with van der Waals surface area (Å²) in [5.41, 5.74) is 0.911. The number of rotatable bonds is 6. The Bertz CT molecular complexity index is 577. The van der Waals surface area contributed by atoms with E-state index in [9.17, 15) is 4.39 Å². The number of nitrogens with one attached hydrogen (secondary N) is 1. The second kappa shape index (κ2) is 6.67. The third-order valence-electron chi connectivity index (χ3n) is 2.80. The van der Waals surface area contributed by atoms with Gasteiger partial charge >= 0.3 is 0 Å². The van der Waals surface area contributed by atoms with Crippen molar-refractivity contribution in [3.63, 3.8) is 0 Å². The number of nitrogens with zero attached hydrogens (tertiary/aromatic N) is 3. The molecule has 0 saturated carbocycles. The molecule has 1 aromatic carbocycles. The monoisotopic (exact) mass is 292 g/mol. The number of benzene rings is 1. The minimum Gasteiger partial charge on any atom is -0.489 e. The van der Waals surface area contributed by atoms with Crippen LogP contribution in [0.15, 0.2) is 30.5 Å². The molecule has 5 nitrogen and oxygen atoms in total. The van der Waals surface area contributed by atoms with Gasteiger partial charge in [0.2, 0.25) is 0 Å². The molecule has 0 saturated heterocycles. The standard InChI is InChI=1S/C15H21FN4O/c1-15(2,3)17-10-12-11-20(19-18-12)8-9-21-14-7-5-4-6-13(14)16/h4-7,11,17H,8-10H2,1-3H3. The molecule has 0 aliphatic heterocycles. The molecule has 0 spiro atoms. The van der Waals surface area contributed by atoms with Gasteiger partial charge < -0.3 is 10.1 Å². The average Bonchev–Trinajstić information content (AvgIpc) is 2.86. The largest absolute Gasteiger partial charge is 0.489 e. The van der Waals surface area contributed by atoms with E-state index in [1.165, 1.54) is 6.07 Å². The van der Waals surface area contributed by atoms with Crippen molar-refractivity contribution in [2.45, 2.75) is 39.4 Å². The van der Waals surface area contributed by atoms with E-state index in [4.69, 9.17) is 4.74 Å². The van der Waals surface area contributed by atoms with Gasteiger partial charge in [0, 0.05) is 18.3 Å². The maximum Gasteiger partial charge on any atom is 0.165 e. The Hall–Kier alpha value is -1.95. The van der Waals surface area contributed by atoms with Crippen molar-refractivity contribution >= 4 is 0 Å². The topological polar surface area (TPSA) is 52.0 Å². The summed E-state index contributed by atoms with van der Waals surface area (Å²) in [5, 5.41) is 11.5. The molecular weight excluding hydrogens is 271 g/mol. The Kier molecular flexibility index (Phi) is 4.90. The lowest BCUT2D eigenvalue weighted by Crippen LogP contribution is -2.35. The van der Waals surface area contributed by atoms with Gasteiger partial charge in [-0.2, -0.15) is 0 Å². The predicted octanol–water partition coefficient (Wildman–Crippen LogP) is 2.38. The summed E-state index contributed by atoms with van der Waals surface area (Å²) < 4.78 is 20.4. The van der Waals surface area contributed by atoms with Crippen LogP contribution in [0.5, 0.6) is 5.75 Å². The van der Waals surface area contributed by atoms with Gasteiger partial charge in [-0.15, -0.1) is 5.10 Å². The van der Waals surface area contributed by atoms with Crippen molar-refractivity contribution in [2.24, 2.45) is 0 Å². The van der Waals surface area contributed by atoms with Crippen LogP contribution in [-0.2, 0) is 13.1 Å². The Labute approximate surface area is 124 Å². The molecule has 1 N–H and O–H groups in total. The highest BCUT2D eigenvalue weighted by atomic mass is 19.1. The lowest BCUT2D eigenvalue weighted by molar-refractivity contribution is 0.277. The quantitative estimate of drug-likeness (QED) is 0.888. The summed E-state index contributed by atoms with van der Waals surface area (Å²) in [6, 6.07) is 6.36. The molecule has 0 atom stereocenters. The van der Waals surface area contributed by atoms with Crippen LogP contribution >= 0.6 is 0 Å². The summed E-state index contributed by atoms with van der Waals surface area (Å²) in [6.45, 7) is 7.82. The number of para-hydroxylation sites is 1. The Morgan fingerprint density at radius 1 is 1.29 bits per heavy atom. The number of halogens is 1. The van der Waals surface area contributed by atoms with Crippen LogP contribution in [0.1, 0.15) is 26.5 Å². The molecule has 21 heavy (non-hydrogen) atoms. The predicted molar refractivity (Wildman–Crippen MR) is 78.5 cm³/mol. The Morgan fingerprint density at radius 3 is 2.76 bits per heavy atom. The average molecular weight is 292 g/mol. The fourth-order valence-electron chi connectivity index (χ4n) is 1.70. The van der Waals surface area contributed by atoms with Gasteiger partial charge in [0.05, 0.1) is 12.2 Å².